The minimum atomic E-state index is -0.792. The summed E-state index contributed by atoms with van der Waals surface area (Å²) in [7, 11) is 0. The van der Waals surface area contributed by atoms with Gasteiger partial charge >= 0.3 is 5.97 Å². The summed E-state index contributed by atoms with van der Waals surface area (Å²) in [6.45, 7) is 6.80. The van der Waals surface area contributed by atoms with Gasteiger partial charge < -0.3 is 9.84 Å². The summed E-state index contributed by atoms with van der Waals surface area (Å²) in [5, 5.41) is 8.93. The van der Waals surface area contributed by atoms with Crippen LogP contribution in [0.1, 0.15) is 25.0 Å². The summed E-state index contributed by atoms with van der Waals surface area (Å²) in [6, 6.07) is 6.39. The zero-order valence-electron chi connectivity index (χ0n) is 11.7. The first kappa shape index (κ1) is 13.9. The van der Waals surface area contributed by atoms with Gasteiger partial charge in [-0.2, -0.15) is 0 Å². The topological polar surface area (TPSA) is 49.8 Å². The number of aliphatic carboxylic acids is 1. The van der Waals surface area contributed by atoms with Crippen molar-refractivity contribution in [2.45, 2.75) is 39.3 Å². The van der Waals surface area contributed by atoms with E-state index in [0.29, 0.717) is 6.54 Å². The summed E-state index contributed by atoms with van der Waals surface area (Å²) in [4.78, 5) is 12.8. The Morgan fingerprint density at radius 3 is 2.89 bits per heavy atom. The molecule has 4 heteroatoms. The molecule has 0 aliphatic carbocycles. The third-order valence-corrected chi connectivity index (χ3v) is 3.46. The molecule has 1 N–H and O–H groups in total. The quantitative estimate of drug-likeness (QED) is 0.883. The number of hydrogen-bond acceptors (Lipinski definition) is 3. The van der Waals surface area contributed by atoms with Crippen LogP contribution in [-0.2, 0) is 11.2 Å². The molecule has 0 spiro atoms. The molecule has 4 nitrogen and oxygen atoms in total. The largest absolute Gasteiger partial charge is 0.488 e. The second-order valence-corrected chi connectivity index (χ2v) is 5.47. The van der Waals surface area contributed by atoms with Gasteiger partial charge in [0.2, 0.25) is 0 Å². The fraction of sp³-hybridized carbons (Fsp3) is 0.533. The number of rotatable bonds is 5. The van der Waals surface area contributed by atoms with E-state index < -0.39 is 5.97 Å². The van der Waals surface area contributed by atoms with Crippen molar-refractivity contribution in [1.29, 1.82) is 0 Å². The highest BCUT2D eigenvalue weighted by Gasteiger charge is 2.26. The van der Waals surface area contributed by atoms with E-state index >= 15 is 0 Å². The van der Waals surface area contributed by atoms with Gasteiger partial charge in [0.15, 0.2) is 0 Å². The van der Waals surface area contributed by atoms with Gasteiger partial charge in [0.25, 0.3) is 0 Å². The number of carbonyl (C=O) groups is 1. The second-order valence-electron chi connectivity index (χ2n) is 5.47. The average molecular weight is 263 g/mol. The van der Waals surface area contributed by atoms with Crippen molar-refractivity contribution in [2.24, 2.45) is 0 Å². The average Bonchev–Trinajstić information content (AvgIpc) is 2.68. The number of carboxylic acid groups (broad SMARTS) is 1. The number of hydrogen-bond donors (Lipinski definition) is 1. The molecular formula is C15H21NO3. The Hall–Kier alpha value is -1.55. The lowest BCUT2D eigenvalue weighted by atomic mass is 10.1. The molecule has 0 amide bonds. The Balaban J connectivity index is 2.00. The molecule has 0 fully saturated rings. The lowest BCUT2D eigenvalue weighted by molar-refractivity contribution is -0.139. The van der Waals surface area contributed by atoms with Crippen LogP contribution in [-0.4, -0.2) is 41.2 Å². The number of carboxylic acids is 1. The predicted octanol–water partition coefficient (Wildman–Crippen LogP) is 2.09. The fourth-order valence-corrected chi connectivity index (χ4v) is 2.44. The Morgan fingerprint density at radius 2 is 2.26 bits per heavy atom. The SMILES string of the molecule is Cc1ccc2c(c1)CC(CN(CC(=O)O)C(C)C)O2. The van der Waals surface area contributed by atoms with E-state index in [1.165, 1.54) is 11.1 Å². The van der Waals surface area contributed by atoms with Crippen molar-refractivity contribution in [1.82, 2.24) is 4.90 Å². The van der Waals surface area contributed by atoms with Gasteiger partial charge in [-0.25, -0.2) is 0 Å². The molecule has 0 bridgehead atoms. The minimum absolute atomic E-state index is 0.0542. The molecule has 1 heterocycles. The summed E-state index contributed by atoms with van der Waals surface area (Å²) >= 11 is 0. The van der Waals surface area contributed by atoms with E-state index in [1.807, 2.05) is 30.9 Å². The molecule has 0 aromatic heterocycles. The first-order valence-electron chi connectivity index (χ1n) is 6.67. The molecule has 0 saturated heterocycles. The number of aryl methyl sites for hydroxylation is 1. The molecule has 1 aliphatic rings. The maximum atomic E-state index is 10.9. The summed E-state index contributed by atoms with van der Waals surface area (Å²) in [5.74, 6) is 0.148. The predicted molar refractivity (Wildman–Crippen MR) is 73.6 cm³/mol. The van der Waals surface area contributed by atoms with Crippen LogP contribution < -0.4 is 4.74 Å². The van der Waals surface area contributed by atoms with Crippen molar-refractivity contribution in [3.05, 3.63) is 29.3 Å². The number of nitrogens with zero attached hydrogens (tertiary/aromatic N) is 1. The van der Waals surface area contributed by atoms with Gasteiger partial charge in [0, 0.05) is 19.0 Å². The second kappa shape index (κ2) is 5.61. The van der Waals surface area contributed by atoms with Gasteiger partial charge in [-0.3, -0.25) is 9.69 Å². The highest BCUT2D eigenvalue weighted by atomic mass is 16.5. The first-order valence-corrected chi connectivity index (χ1v) is 6.67. The van der Waals surface area contributed by atoms with Crippen LogP contribution in [0.25, 0.3) is 0 Å². The summed E-state index contributed by atoms with van der Waals surface area (Å²) < 4.78 is 5.89. The van der Waals surface area contributed by atoms with Crippen molar-refractivity contribution >= 4 is 5.97 Å². The van der Waals surface area contributed by atoms with Crippen molar-refractivity contribution in [2.75, 3.05) is 13.1 Å². The molecule has 0 radical (unpaired) electrons. The smallest absolute Gasteiger partial charge is 0.317 e. The van der Waals surface area contributed by atoms with Crippen LogP contribution in [0, 0.1) is 6.92 Å². The van der Waals surface area contributed by atoms with E-state index in [1.54, 1.807) is 0 Å². The van der Waals surface area contributed by atoms with Crippen LogP contribution in [0.2, 0.25) is 0 Å². The van der Waals surface area contributed by atoms with Crippen LogP contribution in [0.4, 0.5) is 0 Å². The van der Waals surface area contributed by atoms with Crippen LogP contribution in [0.15, 0.2) is 18.2 Å². The first-order chi connectivity index (χ1) is 8.95. The molecule has 1 unspecified atom stereocenters. The highest BCUT2D eigenvalue weighted by Crippen LogP contribution is 2.29. The van der Waals surface area contributed by atoms with Crippen LogP contribution in [0.5, 0.6) is 5.75 Å². The van der Waals surface area contributed by atoms with Crippen LogP contribution >= 0.6 is 0 Å². The Morgan fingerprint density at radius 1 is 1.53 bits per heavy atom. The summed E-state index contributed by atoms with van der Waals surface area (Å²) in [5.41, 5.74) is 2.46. The zero-order valence-corrected chi connectivity index (χ0v) is 11.7. The third kappa shape index (κ3) is 3.47. The number of fused-ring (bicyclic) bond motifs is 1. The van der Waals surface area contributed by atoms with E-state index in [9.17, 15) is 4.79 Å². The van der Waals surface area contributed by atoms with E-state index in [4.69, 9.17) is 9.84 Å². The van der Waals surface area contributed by atoms with Crippen molar-refractivity contribution < 1.29 is 14.6 Å². The standard InChI is InChI=1S/C15H21NO3/c1-10(2)16(9-15(17)18)8-13-7-12-6-11(3)4-5-14(12)19-13/h4-6,10,13H,7-9H2,1-3H3,(H,17,18). The third-order valence-electron chi connectivity index (χ3n) is 3.46. The molecule has 19 heavy (non-hydrogen) atoms. The molecule has 1 aliphatic heterocycles. The number of ether oxygens (including phenoxy) is 1. The Bertz CT molecular complexity index is 470. The highest BCUT2D eigenvalue weighted by molar-refractivity contribution is 5.69. The van der Waals surface area contributed by atoms with Gasteiger partial charge in [0.05, 0.1) is 6.54 Å². The molecular weight excluding hydrogens is 242 g/mol. The van der Waals surface area contributed by atoms with E-state index in [-0.39, 0.29) is 18.7 Å². The van der Waals surface area contributed by atoms with Gasteiger partial charge in [-0.05, 0) is 32.4 Å². The molecule has 1 atom stereocenters. The minimum Gasteiger partial charge on any atom is -0.488 e. The van der Waals surface area contributed by atoms with Gasteiger partial charge in [-0.15, -0.1) is 0 Å². The van der Waals surface area contributed by atoms with E-state index in [2.05, 4.69) is 13.0 Å². The van der Waals surface area contributed by atoms with Crippen molar-refractivity contribution in [3.63, 3.8) is 0 Å². The monoisotopic (exact) mass is 263 g/mol. The lowest BCUT2D eigenvalue weighted by Crippen LogP contribution is -2.42. The van der Waals surface area contributed by atoms with Crippen LogP contribution in [0.3, 0.4) is 0 Å². The van der Waals surface area contributed by atoms with Gasteiger partial charge in [-0.1, -0.05) is 17.7 Å². The fourth-order valence-electron chi connectivity index (χ4n) is 2.44. The molecule has 2 rings (SSSR count). The normalized spacial score (nSPS) is 17.6. The summed E-state index contributed by atoms with van der Waals surface area (Å²) in [6.07, 6.45) is 0.915. The zero-order chi connectivity index (χ0) is 14.0. The Kier molecular flexibility index (Phi) is 4.10. The van der Waals surface area contributed by atoms with E-state index in [0.717, 1.165) is 12.2 Å². The molecule has 0 saturated carbocycles. The molecule has 104 valence electrons. The Labute approximate surface area is 114 Å². The maximum absolute atomic E-state index is 10.9. The lowest BCUT2D eigenvalue weighted by Gasteiger charge is -2.27. The van der Waals surface area contributed by atoms with Crippen molar-refractivity contribution in [3.8, 4) is 5.75 Å². The maximum Gasteiger partial charge on any atom is 0.317 e. The molecule has 1 aromatic carbocycles. The number of benzene rings is 1. The molecule has 1 aromatic rings. The van der Waals surface area contributed by atoms with Gasteiger partial charge in [0.1, 0.15) is 11.9 Å².